The van der Waals surface area contributed by atoms with Crippen LogP contribution in [0.5, 0.6) is 0 Å². The molecular formula is C17H21N3O3. The van der Waals surface area contributed by atoms with Crippen molar-refractivity contribution in [2.75, 3.05) is 11.9 Å². The van der Waals surface area contributed by atoms with Crippen molar-refractivity contribution in [2.24, 2.45) is 7.05 Å². The van der Waals surface area contributed by atoms with Gasteiger partial charge in [0, 0.05) is 7.05 Å². The molecule has 0 unspecified atom stereocenters. The number of rotatable bonds is 4. The van der Waals surface area contributed by atoms with Gasteiger partial charge in [-0.15, -0.1) is 0 Å². The molecule has 1 aromatic heterocycles. The van der Waals surface area contributed by atoms with E-state index in [2.05, 4.69) is 10.4 Å². The average molecular weight is 315 g/mol. The molecule has 0 aliphatic heterocycles. The Kier molecular flexibility index (Phi) is 4.83. The van der Waals surface area contributed by atoms with Gasteiger partial charge in [0.25, 0.3) is 5.91 Å². The van der Waals surface area contributed by atoms with Crippen LogP contribution in [0.2, 0.25) is 0 Å². The van der Waals surface area contributed by atoms with Gasteiger partial charge in [-0.1, -0.05) is 12.1 Å². The molecule has 0 spiro atoms. The fourth-order valence-corrected chi connectivity index (χ4v) is 2.31. The summed E-state index contributed by atoms with van der Waals surface area (Å²) in [4.78, 5) is 24.1. The lowest BCUT2D eigenvalue weighted by Crippen LogP contribution is -2.22. The summed E-state index contributed by atoms with van der Waals surface area (Å²) in [5, 5.41) is 6.95. The minimum absolute atomic E-state index is 0.333. The van der Waals surface area contributed by atoms with Crippen molar-refractivity contribution in [1.82, 2.24) is 9.78 Å². The van der Waals surface area contributed by atoms with Crippen LogP contribution < -0.4 is 5.32 Å². The number of aryl methyl sites for hydroxylation is 3. The molecule has 1 heterocycles. The molecule has 0 atom stereocenters. The lowest BCUT2D eigenvalue weighted by Gasteiger charge is -2.09. The maximum absolute atomic E-state index is 12.1. The summed E-state index contributed by atoms with van der Waals surface area (Å²) in [5.41, 5.74) is 4.56. The topological polar surface area (TPSA) is 73.2 Å². The number of ether oxygens (including phenoxy) is 1. The van der Waals surface area contributed by atoms with Crippen LogP contribution in [0.25, 0.3) is 0 Å². The molecule has 2 aromatic rings. The second kappa shape index (κ2) is 6.64. The van der Waals surface area contributed by atoms with E-state index < -0.39 is 5.97 Å². The van der Waals surface area contributed by atoms with E-state index in [1.54, 1.807) is 23.9 Å². The summed E-state index contributed by atoms with van der Waals surface area (Å²) >= 11 is 0. The molecule has 6 nitrogen and oxygen atoms in total. The Morgan fingerprint density at radius 3 is 2.52 bits per heavy atom. The molecular weight excluding hydrogens is 294 g/mol. The third-order valence-corrected chi connectivity index (χ3v) is 3.93. The van der Waals surface area contributed by atoms with Crippen molar-refractivity contribution >= 4 is 17.6 Å². The molecule has 23 heavy (non-hydrogen) atoms. The Morgan fingerprint density at radius 2 is 1.91 bits per heavy atom. The smallest absolute Gasteiger partial charge is 0.338 e. The van der Waals surface area contributed by atoms with Crippen molar-refractivity contribution in [3.8, 4) is 0 Å². The summed E-state index contributed by atoms with van der Waals surface area (Å²) in [6.07, 6.45) is 0. The van der Waals surface area contributed by atoms with Crippen LogP contribution in [0.3, 0.4) is 0 Å². The van der Waals surface area contributed by atoms with Crippen LogP contribution >= 0.6 is 0 Å². The van der Waals surface area contributed by atoms with E-state index in [0.717, 1.165) is 22.5 Å². The number of carbonyl (C=O) groups is 2. The average Bonchev–Trinajstić information content (AvgIpc) is 2.74. The molecule has 1 amide bonds. The van der Waals surface area contributed by atoms with Crippen LogP contribution in [0.4, 0.5) is 5.69 Å². The fourth-order valence-electron chi connectivity index (χ4n) is 2.31. The van der Waals surface area contributed by atoms with Crippen LogP contribution in [-0.2, 0) is 16.6 Å². The molecule has 2 rings (SSSR count). The highest BCUT2D eigenvalue weighted by Gasteiger charge is 2.16. The molecule has 0 radical (unpaired) electrons. The summed E-state index contributed by atoms with van der Waals surface area (Å²) in [6.45, 7) is 7.11. The lowest BCUT2D eigenvalue weighted by molar-refractivity contribution is -0.119. The van der Waals surface area contributed by atoms with Gasteiger partial charge < -0.3 is 10.1 Å². The van der Waals surface area contributed by atoms with Gasteiger partial charge in [-0.25, -0.2) is 4.79 Å². The number of carbonyl (C=O) groups excluding carboxylic acids is 2. The highest BCUT2D eigenvalue weighted by atomic mass is 16.5. The zero-order chi connectivity index (χ0) is 17.1. The number of hydrogen-bond donors (Lipinski definition) is 1. The minimum Gasteiger partial charge on any atom is -0.452 e. The number of amides is 1. The van der Waals surface area contributed by atoms with Gasteiger partial charge in [0.1, 0.15) is 0 Å². The predicted molar refractivity (Wildman–Crippen MR) is 87.5 cm³/mol. The van der Waals surface area contributed by atoms with E-state index in [1.807, 2.05) is 33.8 Å². The minimum atomic E-state index is -0.499. The van der Waals surface area contributed by atoms with Gasteiger partial charge in [0.05, 0.1) is 22.6 Å². The zero-order valence-corrected chi connectivity index (χ0v) is 14.1. The number of nitrogens with zero attached hydrogens (tertiary/aromatic N) is 2. The first-order valence-electron chi connectivity index (χ1n) is 7.34. The number of hydrogen-bond acceptors (Lipinski definition) is 4. The molecule has 0 aliphatic carbocycles. The largest absolute Gasteiger partial charge is 0.452 e. The van der Waals surface area contributed by atoms with E-state index in [0.29, 0.717) is 11.3 Å². The number of aromatic nitrogens is 2. The fraction of sp³-hybridized carbons (Fsp3) is 0.353. The van der Waals surface area contributed by atoms with E-state index in [4.69, 9.17) is 4.74 Å². The van der Waals surface area contributed by atoms with Crippen molar-refractivity contribution in [2.45, 2.75) is 27.7 Å². The van der Waals surface area contributed by atoms with Gasteiger partial charge in [0.15, 0.2) is 6.61 Å². The highest BCUT2D eigenvalue weighted by molar-refractivity contribution is 5.96. The quantitative estimate of drug-likeness (QED) is 0.880. The Morgan fingerprint density at radius 1 is 1.22 bits per heavy atom. The summed E-state index contributed by atoms with van der Waals surface area (Å²) in [5.74, 6) is -0.885. The molecule has 0 saturated carbocycles. The molecule has 0 saturated heterocycles. The summed E-state index contributed by atoms with van der Waals surface area (Å²) in [7, 11) is 1.80. The third kappa shape index (κ3) is 3.59. The standard InChI is InChI=1S/C17H21N3O3/c1-10-7-6-8-14(11(10)2)17(22)23-9-15(21)18-16-12(3)19-20(5)13(16)4/h6-8H,9H2,1-5H3,(H,18,21). The maximum Gasteiger partial charge on any atom is 0.338 e. The third-order valence-electron chi connectivity index (χ3n) is 3.93. The Labute approximate surface area is 135 Å². The van der Waals surface area contributed by atoms with Gasteiger partial charge >= 0.3 is 5.97 Å². The van der Waals surface area contributed by atoms with Gasteiger partial charge in [-0.05, 0) is 44.9 Å². The van der Waals surface area contributed by atoms with E-state index >= 15 is 0 Å². The lowest BCUT2D eigenvalue weighted by atomic mass is 10.0. The molecule has 1 N–H and O–H groups in total. The van der Waals surface area contributed by atoms with Crippen LogP contribution in [0.1, 0.15) is 32.9 Å². The van der Waals surface area contributed by atoms with E-state index in [-0.39, 0.29) is 12.5 Å². The zero-order valence-electron chi connectivity index (χ0n) is 14.1. The van der Waals surface area contributed by atoms with Crippen molar-refractivity contribution in [3.63, 3.8) is 0 Å². The van der Waals surface area contributed by atoms with E-state index in [9.17, 15) is 9.59 Å². The molecule has 122 valence electrons. The molecule has 0 aliphatic rings. The first-order valence-corrected chi connectivity index (χ1v) is 7.34. The first kappa shape index (κ1) is 16.7. The Bertz CT molecular complexity index is 763. The molecule has 1 aromatic carbocycles. The SMILES string of the molecule is Cc1cccc(C(=O)OCC(=O)Nc2c(C)nn(C)c2C)c1C. The Balaban J connectivity index is 1.99. The van der Waals surface area contributed by atoms with Crippen molar-refractivity contribution in [3.05, 3.63) is 46.3 Å². The number of nitrogens with one attached hydrogen (secondary N) is 1. The van der Waals surface area contributed by atoms with Gasteiger partial charge in [-0.3, -0.25) is 9.48 Å². The second-order valence-corrected chi connectivity index (χ2v) is 5.54. The predicted octanol–water partition coefficient (Wildman–Crippen LogP) is 2.45. The molecule has 0 fully saturated rings. The molecule has 0 bridgehead atoms. The van der Waals surface area contributed by atoms with Crippen molar-refractivity contribution < 1.29 is 14.3 Å². The second-order valence-electron chi connectivity index (χ2n) is 5.54. The van der Waals surface area contributed by atoms with Crippen molar-refractivity contribution in [1.29, 1.82) is 0 Å². The summed E-state index contributed by atoms with van der Waals surface area (Å²) < 4.78 is 6.79. The van der Waals surface area contributed by atoms with Crippen LogP contribution in [0, 0.1) is 27.7 Å². The highest BCUT2D eigenvalue weighted by Crippen LogP contribution is 2.18. The normalized spacial score (nSPS) is 10.5. The monoisotopic (exact) mass is 315 g/mol. The van der Waals surface area contributed by atoms with E-state index in [1.165, 1.54) is 0 Å². The van der Waals surface area contributed by atoms with Gasteiger partial charge in [0.2, 0.25) is 0 Å². The molecule has 6 heteroatoms. The Hall–Kier alpha value is -2.63. The maximum atomic E-state index is 12.1. The van der Waals surface area contributed by atoms with Gasteiger partial charge in [-0.2, -0.15) is 5.10 Å². The van der Waals surface area contributed by atoms with Crippen LogP contribution in [0.15, 0.2) is 18.2 Å². The summed E-state index contributed by atoms with van der Waals surface area (Å²) in [6, 6.07) is 5.41. The van der Waals surface area contributed by atoms with Crippen LogP contribution in [-0.4, -0.2) is 28.3 Å². The first-order chi connectivity index (χ1) is 10.8. The number of benzene rings is 1. The number of esters is 1. The number of anilines is 1.